The van der Waals surface area contributed by atoms with Crippen LogP contribution >= 0.6 is 0 Å². The van der Waals surface area contributed by atoms with E-state index in [-0.39, 0.29) is 23.2 Å². The highest BCUT2D eigenvalue weighted by molar-refractivity contribution is 6.02. The summed E-state index contributed by atoms with van der Waals surface area (Å²) in [5.74, 6) is -0.990. The second-order valence-corrected chi connectivity index (χ2v) is 7.55. The van der Waals surface area contributed by atoms with Crippen molar-refractivity contribution in [2.75, 3.05) is 6.61 Å². The Bertz CT molecular complexity index is 1110. The van der Waals surface area contributed by atoms with Crippen LogP contribution in [-0.2, 0) is 16.1 Å². The number of benzene rings is 2. The summed E-state index contributed by atoms with van der Waals surface area (Å²) in [6, 6.07) is 16.0. The minimum atomic E-state index is -0.744. The maximum absolute atomic E-state index is 12.7. The predicted octanol–water partition coefficient (Wildman–Crippen LogP) is 3.09. The number of nitrogens with one attached hydrogen (secondary N) is 1. The summed E-state index contributed by atoms with van der Waals surface area (Å²) in [4.78, 5) is 37.6. The number of fused-ring (bicyclic) bond motifs is 1. The number of hydrogen-bond donors (Lipinski definition) is 1. The molecule has 3 aromatic rings. The minimum Gasteiger partial charge on any atom is -0.451 e. The van der Waals surface area contributed by atoms with Gasteiger partial charge in [0, 0.05) is 11.9 Å². The van der Waals surface area contributed by atoms with E-state index in [1.807, 2.05) is 51.1 Å². The lowest BCUT2D eigenvalue weighted by Gasteiger charge is -2.15. The van der Waals surface area contributed by atoms with Crippen molar-refractivity contribution in [2.45, 2.75) is 33.4 Å². The third kappa shape index (κ3) is 4.92. The molecule has 0 unspecified atom stereocenters. The SMILES string of the molecule is CC(C)Cn1nc(C(=O)OCC(=O)N[C@@H](C)c2ccccc2)c2ccccc2c1=O. The van der Waals surface area contributed by atoms with Gasteiger partial charge in [0.25, 0.3) is 11.5 Å². The molecule has 1 heterocycles. The molecule has 0 aliphatic heterocycles. The molecule has 1 aromatic heterocycles. The Kier molecular flexibility index (Phi) is 6.61. The predicted molar refractivity (Wildman–Crippen MR) is 114 cm³/mol. The van der Waals surface area contributed by atoms with Gasteiger partial charge in [-0.25, -0.2) is 9.48 Å². The zero-order valence-corrected chi connectivity index (χ0v) is 17.3. The van der Waals surface area contributed by atoms with Crippen LogP contribution in [0.1, 0.15) is 42.9 Å². The van der Waals surface area contributed by atoms with Gasteiger partial charge in [0.15, 0.2) is 12.3 Å². The summed E-state index contributed by atoms with van der Waals surface area (Å²) >= 11 is 0. The highest BCUT2D eigenvalue weighted by Crippen LogP contribution is 2.15. The van der Waals surface area contributed by atoms with Crippen LogP contribution in [0.2, 0.25) is 0 Å². The number of ether oxygens (including phenoxy) is 1. The van der Waals surface area contributed by atoms with E-state index in [9.17, 15) is 14.4 Å². The number of carbonyl (C=O) groups excluding carboxylic acids is 2. The Labute approximate surface area is 174 Å². The molecule has 1 atom stereocenters. The molecule has 0 fully saturated rings. The average molecular weight is 407 g/mol. The van der Waals surface area contributed by atoms with Crippen molar-refractivity contribution in [3.63, 3.8) is 0 Å². The van der Waals surface area contributed by atoms with Gasteiger partial charge in [-0.05, 0) is 24.5 Å². The Hall–Kier alpha value is -3.48. The molecule has 2 aromatic carbocycles. The van der Waals surface area contributed by atoms with Crippen LogP contribution in [0.4, 0.5) is 0 Å². The number of esters is 1. The molecule has 0 saturated heterocycles. The standard InChI is InChI=1S/C23H25N3O4/c1-15(2)13-26-22(28)19-12-8-7-11-18(19)21(25-26)23(29)30-14-20(27)24-16(3)17-9-5-4-6-10-17/h4-12,15-16H,13-14H2,1-3H3,(H,24,27)/t16-/m0/s1. The van der Waals surface area contributed by atoms with Crippen molar-refractivity contribution in [1.82, 2.24) is 15.1 Å². The highest BCUT2D eigenvalue weighted by atomic mass is 16.5. The van der Waals surface area contributed by atoms with Gasteiger partial charge in [0.05, 0.1) is 11.4 Å². The number of rotatable bonds is 7. The van der Waals surface area contributed by atoms with Gasteiger partial charge < -0.3 is 10.1 Å². The lowest BCUT2D eigenvalue weighted by atomic mass is 10.1. The first-order valence-corrected chi connectivity index (χ1v) is 9.88. The number of aromatic nitrogens is 2. The second-order valence-electron chi connectivity index (χ2n) is 7.55. The van der Waals surface area contributed by atoms with Crippen molar-refractivity contribution in [2.24, 2.45) is 5.92 Å². The van der Waals surface area contributed by atoms with Gasteiger partial charge >= 0.3 is 5.97 Å². The molecule has 1 N–H and O–H groups in total. The maximum atomic E-state index is 12.7. The van der Waals surface area contributed by atoms with Crippen LogP contribution in [0.15, 0.2) is 59.4 Å². The van der Waals surface area contributed by atoms with Gasteiger partial charge in [0.1, 0.15) is 0 Å². The van der Waals surface area contributed by atoms with E-state index in [1.165, 1.54) is 4.68 Å². The van der Waals surface area contributed by atoms with E-state index in [2.05, 4.69) is 10.4 Å². The summed E-state index contributed by atoms with van der Waals surface area (Å²) in [5, 5.41) is 7.82. The van der Waals surface area contributed by atoms with Gasteiger partial charge in [0.2, 0.25) is 0 Å². The lowest BCUT2D eigenvalue weighted by molar-refractivity contribution is -0.124. The minimum absolute atomic E-state index is 0.0229. The molecule has 0 aliphatic rings. The summed E-state index contributed by atoms with van der Waals surface area (Å²) < 4.78 is 6.48. The fourth-order valence-electron chi connectivity index (χ4n) is 3.16. The van der Waals surface area contributed by atoms with Gasteiger partial charge in [-0.15, -0.1) is 0 Å². The number of amides is 1. The Morgan fingerprint density at radius 1 is 1.00 bits per heavy atom. The summed E-state index contributed by atoms with van der Waals surface area (Å²) in [6.07, 6.45) is 0. The van der Waals surface area contributed by atoms with Crippen molar-refractivity contribution in [3.8, 4) is 0 Å². The molecule has 0 spiro atoms. The lowest BCUT2D eigenvalue weighted by Crippen LogP contribution is -2.32. The molecular weight excluding hydrogens is 382 g/mol. The smallest absolute Gasteiger partial charge is 0.359 e. The zero-order chi connectivity index (χ0) is 21.7. The van der Waals surface area contributed by atoms with Crippen molar-refractivity contribution in [1.29, 1.82) is 0 Å². The second kappa shape index (κ2) is 9.35. The van der Waals surface area contributed by atoms with Gasteiger partial charge in [-0.1, -0.05) is 62.4 Å². The average Bonchev–Trinajstić information content (AvgIpc) is 2.74. The molecule has 1 amide bonds. The summed E-state index contributed by atoms with van der Waals surface area (Å²) in [5.41, 5.74) is 0.714. The van der Waals surface area contributed by atoms with Gasteiger partial charge in [-0.3, -0.25) is 9.59 Å². The third-order valence-corrected chi connectivity index (χ3v) is 4.61. The Morgan fingerprint density at radius 2 is 1.63 bits per heavy atom. The first kappa shape index (κ1) is 21.2. The zero-order valence-electron chi connectivity index (χ0n) is 17.3. The van der Waals surface area contributed by atoms with E-state index in [0.717, 1.165) is 5.56 Å². The van der Waals surface area contributed by atoms with E-state index in [0.29, 0.717) is 17.3 Å². The van der Waals surface area contributed by atoms with Crippen LogP contribution in [-0.4, -0.2) is 28.3 Å². The van der Waals surface area contributed by atoms with Crippen LogP contribution in [0, 0.1) is 5.92 Å². The largest absolute Gasteiger partial charge is 0.451 e. The van der Waals surface area contributed by atoms with Crippen molar-refractivity contribution < 1.29 is 14.3 Å². The Balaban J connectivity index is 1.75. The highest BCUT2D eigenvalue weighted by Gasteiger charge is 2.20. The van der Waals surface area contributed by atoms with E-state index in [1.54, 1.807) is 24.3 Å². The van der Waals surface area contributed by atoms with Crippen LogP contribution in [0.25, 0.3) is 10.8 Å². The molecule has 7 heteroatoms. The molecule has 3 rings (SSSR count). The topological polar surface area (TPSA) is 90.3 Å². The summed E-state index contributed by atoms with van der Waals surface area (Å²) in [6.45, 7) is 5.71. The van der Waals surface area contributed by atoms with Crippen molar-refractivity contribution in [3.05, 3.63) is 76.2 Å². The van der Waals surface area contributed by atoms with Crippen LogP contribution in [0.5, 0.6) is 0 Å². The maximum Gasteiger partial charge on any atom is 0.359 e. The Morgan fingerprint density at radius 3 is 2.30 bits per heavy atom. The first-order chi connectivity index (χ1) is 14.4. The third-order valence-electron chi connectivity index (χ3n) is 4.61. The molecular formula is C23H25N3O4. The molecule has 0 radical (unpaired) electrons. The molecule has 0 aliphatic carbocycles. The first-order valence-electron chi connectivity index (χ1n) is 9.88. The van der Waals surface area contributed by atoms with Gasteiger partial charge in [-0.2, -0.15) is 5.10 Å². The summed E-state index contributed by atoms with van der Waals surface area (Å²) in [7, 11) is 0. The fourth-order valence-corrected chi connectivity index (χ4v) is 3.16. The monoisotopic (exact) mass is 407 g/mol. The van der Waals surface area contributed by atoms with E-state index in [4.69, 9.17) is 4.74 Å². The van der Waals surface area contributed by atoms with E-state index < -0.39 is 18.5 Å². The number of carbonyl (C=O) groups is 2. The fraction of sp³-hybridized carbons (Fsp3) is 0.304. The van der Waals surface area contributed by atoms with Crippen molar-refractivity contribution >= 4 is 22.6 Å². The molecule has 7 nitrogen and oxygen atoms in total. The van der Waals surface area contributed by atoms with E-state index >= 15 is 0 Å². The molecule has 0 bridgehead atoms. The normalized spacial score (nSPS) is 12.0. The molecule has 30 heavy (non-hydrogen) atoms. The number of hydrogen-bond acceptors (Lipinski definition) is 5. The number of nitrogens with zero attached hydrogens (tertiary/aromatic N) is 2. The quantitative estimate of drug-likeness (QED) is 0.608. The van der Waals surface area contributed by atoms with Crippen LogP contribution in [0.3, 0.4) is 0 Å². The molecule has 156 valence electrons. The van der Waals surface area contributed by atoms with Crippen LogP contribution < -0.4 is 10.9 Å². The molecule has 0 saturated carbocycles.